The van der Waals surface area contributed by atoms with Crippen LogP contribution in [0.5, 0.6) is 0 Å². The summed E-state index contributed by atoms with van der Waals surface area (Å²) in [5.41, 5.74) is 0.985. The Kier molecular flexibility index (Phi) is 6.14. The van der Waals surface area contributed by atoms with Crippen molar-refractivity contribution in [1.29, 1.82) is 0 Å². The molecule has 3 atom stereocenters. The molecule has 0 amide bonds. The summed E-state index contributed by atoms with van der Waals surface area (Å²) in [6.45, 7) is 0.333. The first-order valence-corrected chi connectivity index (χ1v) is 10.5. The van der Waals surface area contributed by atoms with Gasteiger partial charge < -0.3 is 19.9 Å². The van der Waals surface area contributed by atoms with E-state index in [4.69, 9.17) is 21.1 Å². The molecule has 1 unspecified atom stereocenters. The standard InChI is InChI=1S/C20H19ClFN3O4S/c1-28-20(27)14-16(11-3-2-4-12(22)15(11)21)24-18(19-23-5-6-30-19)25-17(14)13-7-10(8-26)9-29-13/h2-6,10,13,16,26H,7-9H2,1H3,(H,24,25)/t10-,13+,16?/m0/s1. The van der Waals surface area contributed by atoms with Crippen molar-refractivity contribution >= 4 is 34.7 Å². The summed E-state index contributed by atoms with van der Waals surface area (Å²) in [4.78, 5) is 21.7. The number of ether oxygens (including phenoxy) is 2. The molecule has 0 saturated carbocycles. The summed E-state index contributed by atoms with van der Waals surface area (Å²) >= 11 is 7.62. The van der Waals surface area contributed by atoms with Gasteiger partial charge in [-0.05, 0) is 12.5 Å². The van der Waals surface area contributed by atoms with E-state index in [0.717, 1.165) is 0 Å². The maximum Gasteiger partial charge on any atom is 0.338 e. The first-order valence-electron chi connectivity index (χ1n) is 9.26. The van der Waals surface area contributed by atoms with Gasteiger partial charge in [-0.15, -0.1) is 11.3 Å². The van der Waals surface area contributed by atoms with E-state index in [1.165, 1.54) is 30.6 Å². The van der Waals surface area contributed by atoms with Gasteiger partial charge in [0.25, 0.3) is 0 Å². The van der Waals surface area contributed by atoms with Crippen LogP contribution in [0, 0.1) is 11.7 Å². The van der Waals surface area contributed by atoms with Crippen LogP contribution in [0.1, 0.15) is 23.0 Å². The number of carbonyl (C=O) groups is 1. The average Bonchev–Trinajstić information content (AvgIpc) is 3.46. The monoisotopic (exact) mass is 451 g/mol. The fourth-order valence-electron chi connectivity index (χ4n) is 3.58. The molecule has 3 heterocycles. The maximum atomic E-state index is 14.2. The van der Waals surface area contributed by atoms with Gasteiger partial charge in [0, 0.05) is 29.7 Å². The highest BCUT2D eigenvalue weighted by molar-refractivity contribution is 7.11. The molecule has 1 aromatic heterocycles. The second kappa shape index (κ2) is 8.81. The van der Waals surface area contributed by atoms with Crippen LogP contribution in [0.2, 0.25) is 5.02 Å². The van der Waals surface area contributed by atoms with E-state index in [2.05, 4.69) is 15.3 Å². The van der Waals surface area contributed by atoms with E-state index in [1.54, 1.807) is 17.6 Å². The van der Waals surface area contributed by atoms with Crippen molar-refractivity contribution < 1.29 is 23.8 Å². The third-order valence-corrected chi connectivity index (χ3v) is 6.23. The van der Waals surface area contributed by atoms with Crippen LogP contribution < -0.4 is 5.32 Å². The highest BCUT2D eigenvalue weighted by Gasteiger charge is 2.39. The number of nitrogens with one attached hydrogen (secondary N) is 1. The number of carbonyl (C=O) groups excluding carboxylic acids is 1. The summed E-state index contributed by atoms with van der Waals surface area (Å²) < 4.78 is 25.1. The van der Waals surface area contributed by atoms with Gasteiger partial charge >= 0.3 is 5.97 Å². The lowest BCUT2D eigenvalue weighted by Crippen LogP contribution is -2.38. The molecule has 2 N–H and O–H groups in total. The number of amidine groups is 1. The van der Waals surface area contributed by atoms with Crippen LogP contribution in [0.3, 0.4) is 0 Å². The molecular formula is C20H19ClFN3O4S. The molecule has 10 heteroatoms. The van der Waals surface area contributed by atoms with Gasteiger partial charge in [0.2, 0.25) is 0 Å². The number of aliphatic hydroxyl groups is 1. The normalized spacial score (nSPS) is 23.9. The second-order valence-corrected chi connectivity index (χ2v) is 8.18. The van der Waals surface area contributed by atoms with Gasteiger partial charge in [-0.25, -0.2) is 14.2 Å². The Morgan fingerprint density at radius 1 is 1.50 bits per heavy atom. The first-order chi connectivity index (χ1) is 14.5. The quantitative estimate of drug-likeness (QED) is 0.679. The third kappa shape index (κ3) is 3.85. The van der Waals surface area contributed by atoms with E-state index in [0.29, 0.717) is 35.1 Å². The highest BCUT2D eigenvalue weighted by Crippen LogP contribution is 2.39. The number of aliphatic hydroxyl groups excluding tert-OH is 1. The van der Waals surface area contributed by atoms with Crippen molar-refractivity contribution in [1.82, 2.24) is 10.3 Å². The number of aromatic nitrogens is 1. The molecule has 2 aromatic rings. The predicted molar refractivity (Wildman–Crippen MR) is 110 cm³/mol. The largest absolute Gasteiger partial charge is 0.466 e. The van der Waals surface area contributed by atoms with Gasteiger partial charge in [-0.1, -0.05) is 23.7 Å². The van der Waals surface area contributed by atoms with Crippen LogP contribution in [-0.2, 0) is 14.3 Å². The molecule has 0 aliphatic carbocycles. The molecule has 1 fully saturated rings. The van der Waals surface area contributed by atoms with E-state index in [1.807, 2.05) is 0 Å². The molecule has 30 heavy (non-hydrogen) atoms. The molecule has 158 valence electrons. The summed E-state index contributed by atoms with van der Waals surface area (Å²) in [5, 5.41) is 15.0. The van der Waals surface area contributed by atoms with Gasteiger partial charge in [0.15, 0.2) is 10.8 Å². The number of thiazole rings is 1. The van der Waals surface area contributed by atoms with Crippen LogP contribution in [0.15, 0.2) is 46.0 Å². The van der Waals surface area contributed by atoms with Crippen molar-refractivity contribution in [3.8, 4) is 0 Å². The highest BCUT2D eigenvalue weighted by atomic mass is 35.5. The average molecular weight is 452 g/mol. The molecule has 0 spiro atoms. The van der Waals surface area contributed by atoms with Crippen LogP contribution in [0.4, 0.5) is 4.39 Å². The van der Waals surface area contributed by atoms with Gasteiger partial charge in [0.1, 0.15) is 11.9 Å². The number of hydrogen-bond acceptors (Lipinski definition) is 8. The zero-order valence-electron chi connectivity index (χ0n) is 16.0. The Labute approximate surface area is 181 Å². The number of esters is 1. The zero-order chi connectivity index (χ0) is 21.3. The van der Waals surface area contributed by atoms with Crippen molar-refractivity contribution in [2.45, 2.75) is 18.6 Å². The van der Waals surface area contributed by atoms with E-state index in [9.17, 15) is 14.3 Å². The number of methoxy groups -OCH3 is 1. The van der Waals surface area contributed by atoms with E-state index >= 15 is 0 Å². The van der Waals surface area contributed by atoms with E-state index < -0.39 is 23.9 Å². The predicted octanol–water partition coefficient (Wildman–Crippen LogP) is 2.85. The maximum absolute atomic E-state index is 14.2. The van der Waals surface area contributed by atoms with Crippen molar-refractivity contribution in [3.05, 3.63) is 62.5 Å². The summed E-state index contributed by atoms with van der Waals surface area (Å²) in [7, 11) is 1.27. The molecule has 4 rings (SSSR count). The van der Waals surface area contributed by atoms with Crippen molar-refractivity contribution in [3.63, 3.8) is 0 Å². The number of hydrogen-bond donors (Lipinski definition) is 2. The third-order valence-electron chi connectivity index (χ3n) is 5.05. The molecular weight excluding hydrogens is 433 g/mol. The van der Waals surface area contributed by atoms with Crippen LogP contribution in [0.25, 0.3) is 0 Å². The lowest BCUT2D eigenvalue weighted by molar-refractivity contribution is -0.136. The fourth-order valence-corrected chi connectivity index (χ4v) is 4.40. The SMILES string of the molecule is COC(=O)C1=C([C@H]2C[C@@H](CO)CO2)NC(c2nccs2)=NC1c1cccc(F)c1Cl. The van der Waals surface area contributed by atoms with Gasteiger partial charge in [-0.3, -0.25) is 4.99 Å². The molecule has 2 aliphatic rings. The topological polar surface area (TPSA) is 93.0 Å². The summed E-state index contributed by atoms with van der Waals surface area (Å²) in [6, 6.07) is 3.47. The van der Waals surface area contributed by atoms with Crippen LogP contribution in [-0.4, -0.2) is 48.3 Å². The second-order valence-electron chi connectivity index (χ2n) is 6.91. The molecule has 7 nitrogen and oxygen atoms in total. The number of rotatable bonds is 5. The Hall–Kier alpha value is -2.33. The lowest BCUT2D eigenvalue weighted by atomic mass is 9.92. The Balaban J connectivity index is 1.88. The number of aliphatic imine (C=N–C) groups is 1. The Bertz CT molecular complexity index is 1010. The number of benzene rings is 1. The molecule has 2 aliphatic heterocycles. The van der Waals surface area contributed by atoms with Gasteiger partial charge in [-0.2, -0.15) is 0 Å². The van der Waals surface area contributed by atoms with Crippen molar-refractivity contribution in [2.75, 3.05) is 20.3 Å². The molecule has 1 aromatic carbocycles. The van der Waals surface area contributed by atoms with Crippen LogP contribution >= 0.6 is 22.9 Å². The number of nitrogens with zero attached hydrogens (tertiary/aromatic N) is 2. The Morgan fingerprint density at radius 3 is 3.00 bits per heavy atom. The minimum Gasteiger partial charge on any atom is -0.466 e. The van der Waals surface area contributed by atoms with E-state index in [-0.39, 0.29) is 23.1 Å². The minimum absolute atomic E-state index is 0.0239. The smallest absolute Gasteiger partial charge is 0.338 e. The molecule has 1 saturated heterocycles. The number of halogens is 2. The fraction of sp³-hybridized carbons (Fsp3) is 0.350. The summed E-state index contributed by atoms with van der Waals surface area (Å²) in [5.74, 6) is -0.863. The van der Waals surface area contributed by atoms with Gasteiger partial charge in [0.05, 0.1) is 36.1 Å². The zero-order valence-corrected chi connectivity index (χ0v) is 17.5. The molecule has 0 bridgehead atoms. The van der Waals surface area contributed by atoms with Crippen molar-refractivity contribution in [2.24, 2.45) is 10.9 Å². The lowest BCUT2D eigenvalue weighted by Gasteiger charge is -2.29. The summed E-state index contributed by atoms with van der Waals surface area (Å²) in [6.07, 6.45) is 1.66. The first kappa shape index (κ1) is 20.9. The Morgan fingerprint density at radius 2 is 2.33 bits per heavy atom. The molecule has 0 radical (unpaired) electrons. The minimum atomic E-state index is -0.910.